The lowest BCUT2D eigenvalue weighted by atomic mass is 9.91. The van der Waals surface area contributed by atoms with Gasteiger partial charge in [0.2, 0.25) is 5.91 Å². The monoisotopic (exact) mass is 384 g/mol. The Balaban J connectivity index is 1.75. The molecule has 0 saturated carbocycles. The number of nitrogens with zero attached hydrogens (tertiary/aromatic N) is 2. The maximum Gasteiger partial charge on any atom is 0.223 e. The molecule has 1 atom stereocenters. The van der Waals surface area contributed by atoms with E-state index in [4.69, 9.17) is 11.6 Å². The van der Waals surface area contributed by atoms with Gasteiger partial charge in [-0.2, -0.15) is 0 Å². The maximum absolute atomic E-state index is 12.6. The van der Waals surface area contributed by atoms with E-state index in [9.17, 15) is 4.79 Å². The maximum atomic E-state index is 12.6. The number of benzene rings is 2. The van der Waals surface area contributed by atoms with Gasteiger partial charge < -0.3 is 4.90 Å². The van der Waals surface area contributed by atoms with Gasteiger partial charge in [-0.05, 0) is 28.7 Å². The van der Waals surface area contributed by atoms with Crippen molar-refractivity contribution in [3.63, 3.8) is 0 Å². The lowest BCUT2D eigenvalue weighted by Crippen LogP contribution is -2.50. The van der Waals surface area contributed by atoms with Gasteiger partial charge in [0.15, 0.2) is 0 Å². The molecule has 27 heavy (non-hydrogen) atoms. The lowest BCUT2D eigenvalue weighted by Gasteiger charge is -2.40. The number of carbonyl (C=O) groups excluding carboxylic acids is 1. The number of halogens is 1. The van der Waals surface area contributed by atoms with Gasteiger partial charge in [-0.1, -0.05) is 74.8 Å². The number of hydrogen-bond donors (Lipinski definition) is 0. The van der Waals surface area contributed by atoms with E-state index in [1.165, 1.54) is 11.1 Å². The van der Waals surface area contributed by atoms with Crippen molar-refractivity contribution in [3.8, 4) is 0 Å². The van der Waals surface area contributed by atoms with Crippen molar-refractivity contribution in [2.24, 2.45) is 5.41 Å². The molecule has 0 bridgehead atoms. The first-order chi connectivity index (χ1) is 12.8. The highest BCUT2D eigenvalue weighted by molar-refractivity contribution is 6.30. The van der Waals surface area contributed by atoms with Crippen LogP contribution in [-0.4, -0.2) is 41.9 Å². The Morgan fingerprint density at radius 1 is 0.926 bits per heavy atom. The van der Waals surface area contributed by atoms with Gasteiger partial charge in [0.1, 0.15) is 0 Å². The van der Waals surface area contributed by atoms with E-state index in [2.05, 4.69) is 62.1 Å². The third kappa shape index (κ3) is 5.33. The summed E-state index contributed by atoms with van der Waals surface area (Å²) in [7, 11) is 0. The smallest absolute Gasteiger partial charge is 0.223 e. The summed E-state index contributed by atoms with van der Waals surface area (Å²) < 4.78 is 0. The fourth-order valence-corrected chi connectivity index (χ4v) is 3.82. The molecular formula is C23H29ClN2O. The minimum absolute atomic E-state index is 0.0318. The molecule has 0 radical (unpaired) electrons. The predicted molar refractivity (Wildman–Crippen MR) is 112 cm³/mol. The second kappa shape index (κ2) is 8.45. The zero-order valence-corrected chi connectivity index (χ0v) is 17.2. The normalized spacial score (nSPS) is 17.0. The molecule has 2 aromatic carbocycles. The average Bonchev–Trinajstić information content (AvgIpc) is 2.64. The number of piperazine rings is 1. The van der Waals surface area contributed by atoms with E-state index in [-0.39, 0.29) is 17.4 Å². The van der Waals surface area contributed by atoms with Gasteiger partial charge >= 0.3 is 0 Å². The minimum Gasteiger partial charge on any atom is -0.340 e. The molecule has 1 saturated heterocycles. The van der Waals surface area contributed by atoms with Crippen LogP contribution in [0.3, 0.4) is 0 Å². The van der Waals surface area contributed by atoms with Gasteiger partial charge in [-0.3, -0.25) is 9.69 Å². The third-order valence-electron chi connectivity index (χ3n) is 5.01. The van der Waals surface area contributed by atoms with Crippen molar-refractivity contribution in [1.29, 1.82) is 0 Å². The summed E-state index contributed by atoms with van der Waals surface area (Å²) in [4.78, 5) is 17.1. The first-order valence-corrected chi connectivity index (χ1v) is 10.0. The molecule has 4 heteroatoms. The molecule has 3 nitrogen and oxygen atoms in total. The molecule has 144 valence electrons. The summed E-state index contributed by atoms with van der Waals surface area (Å²) in [6.07, 6.45) is 0.603. The largest absolute Gasteiger partial charge is 0.340 e. The van der Waals surface area contributed by atoms with Crippen LogP contribution in [0.2, 0.25) is 5.02 Å². The Morgan fingerprint density at radius 2 is 1.48 bits per heavy atom. The molecule has 0 aromatic heterocycles. The van der Waals surface area contributed by atoms with Crippen LogP contribution in [-0.2, 0) is 4.79 Å². The van der Waals surface area contributed by atoms with Crippen LogP contribution in [0.5, 0.6) is 0 Å². The Morgan fingerprint density at radius 3 is 2.04 bits per heavy atom. The summed E-state index contributed by atoms with van der Waals surface area (Å²) >= 11 is 6.10. The van der Waals surface area contributed by atoms with E-state index in [0.29, 0.717) is 6.42 Å². The molecule has 0 spiro atoms. The molecule has 0 aliphatic carbocycles. The standard InChI is InChI=1S/C23H29ClN2O/c1-23(2,3)17-21(27)25-13-15-26(16-14-25)22(18-7-5-4-6-8-18)19-9-11-20(24)12-10-19/h4-12,22H,13-17H2,1-3H3/t22-/m0/s1. The van der Waals surface area contributed by atoms with E-state index in [0.717, 1.165) is 31.2 Å². The Kier molecular flexibility index (Phi) is 6.23. The van der Waals surface area contributed by atoms with Gasteiger partial charge in [-0.25, -0.2) is 0 Å². The van der Waals surface area contributed by atoms with Crippen LogP contribution in [0.15, 0.2) is 54.6 Å². The lowest BCUT2D eigenvalue weighted by molar-refractivity contribution is -0.135. The summed E-state index contributed by atoms with van der Waals surface area (Å²) in [5.74, 6) is 0.268. The van der Waals surface area contributed by atoms with E-state index in [1.807, 2.05) is 23.1 Å². The van der Waals surface area contributed by atoms with Gasteiger partial charge in [0, 0.05) is 37.6 Å². The van der Waals surface area contributed by atoms with Gasteiger partial charge in [0.25, 0.3) is 0 Å². The summed E-state index contributed by atoms with van der Waals surface area (Å²) in [6, 6.07) is 18.9. The highest BCUT2D eigenvalue weighted by atomic mass is 35.5. The quantitative estimate of drug-likeness (QED) is 0.739. The van der Waals surface area contributed by atoms with Crippen LogP contribution in [0, 0.1) is 5.41 Å². The number of hydrogen-bond acceptors (Lipinski definition) is 2. The number of carbonyl (C=O) groups is 1. The second-order valence-electron chi connectivity index (χ2n) is 8.52. The van der Waals surface area contributed by atoms with Crippen molar-refractivity contribution in [1.82, 2.24) is 9.80 Å². The second-order valence-corrected chi connectivity index (χ2v) is 8.96. The number of amides is 1. The highest BCUT2D eigenvalue weighted by Crippen LogP contribution is 2.30. The Hall–Kier alpha value is -1.84. The Bertz CT molecular complexity index is 744. The average molecular weight is 385 g/mol. The van der Waals surface area contributed by atoms with Gasteiger partial charge in [0.05, 0.1) is 6.04 Å². The van der Waals surface area contributed by atoms with Crippen molar-refractivity contribution < 1.29 is 4.79 Å². The highest BCUT2D eigenvalue weighted by Gasteiger charge is 2.29. The fraction of sp³-hybridized carbons (Fsp3) is 0.435. The molecule has 2 aromatic rings. The molecule has 1 fully saturated rings. The zero-order valence-electron chi connectivity index (χ0n) is 16.5. The molecule has 1 amide bonds. The SMILES string of the molecule is CC(C)(C)CC(=O)N1CCN([C@@H](c2ccccc2)c2ccc(Cl)cc2)CC1. The van der Waals surface area contributed by atoms with Crippen LogP contribution in [0.25, 0.3) is 0 Å². The first-order valence-electron chi connectivity index (χ1n) is 9.66. The molecule has 0 N–H and O–H groups in total. The van der Waals surface area contributed by atoms with Crippen LogP contribution in [0.1, 0.15) is 44.4 Å². The third-order valence-corrected chi connectivity index (χ3v) is 5.27. The van der Waals surface area contributed by atoms with Crippen LogP contribution in [0.4, 0.5) is 0 Å². The molecule has 3 rings (SSSR count). The van der Waals surface area contributed by atoms with Crippen molar-refractivity contribution in [2.45, 2.75) is 33.2 Å². The molecular weight excluding hydrogens is 356 g/mol. The minimum atomic E-state index is 0.0318. The van der Waals surface area contributed by atoms with E-state index >= 15 is 0 Å². The number of rotatable bonds is 4. The molecule has 1 aliphatic heterocycles. The van der Waals surface area contributed by atoms with Crippen molar-refractivity contribution in [3.05, 3.63) is 70.7 Å². The van der Waals surface area contributed by atoms with Crippen molar-refractivity contribution >= 4 is 17.5 Å². The topological polar surface area (TPSA) is 23.6 Å². The van der Waals surface area contributed by atoms with Crippen LogP contribution >= 0.6 is 11.6 Å². The molecule has 1 heterocycles. The van der Waals surface area contributed by atoms with E-state index < -0.39 is 0 Å². The first kappa shape index (κ1) is 19.9. The summed E-state index contributed by atoms with van der Waals surface area (Å²) in [6.45, 7) is 9.67. The summed E-state index contributed by atoms with van der Waals surface area (Å²) in [5.41, 5.74) is 2.54. The Labute approximate surface area is 167 Å². The van der Waals surface area contributed by atoms with Crippen LogP contribution < -0.4 is 0 Å². The predicted octanol–water partition coefficient (Wildman–Crippen LogP) is 5.01. The molecule has 1 aliphatic rings. The molecule has 0 unspecified atom stereocenters. The zero-order chi connectivity index (χ0) is 19.4. The summed E-state index contributed by atoms with van der Waals surface area (Å²) in [5, 5.41) is 0.753. The van der Waals surface area contributed by atoms with Crippen molar-refractivity contribution in [2.75, 3.05) is 26.2 Å². The fourth-order valence-electron chi connectivity index (χ4n) is 3.69. The van der Waals surface area contributed by atoms with E-state index in [1.54, 1.807) is 0 Å². The van der Waals surface area contributed by atoms with Gasteiger partial charge in [-0.15, -0.1) is 0 Å².